The van der Waals surface area contributed by atoms with Gasteiger partial charge in [0.25, 0.3) is 0 Å². The maximum atomic E-state index is 3.80. The molecule has 1 nitrogen and oxygen atoms in total. The van der Waals surface area contributed by atoms with Gasteiger partial charge in [-0.05, 0) is 25.5 Å². The average molecular weight is 229 g/mol. The molecule has 2 heteroatoms. The molecule has 0 aromatic heterocycles. The number of rotatable bonds is 5. The molecule has 15 heavy (non-hydrogen) atoms. The van der Waals surface area contributed by atoms with E-state index in [2.05, 4.69) is 30.9 Å². The lowest BCUT2D eigenvalue weighted by molar-refractivity contribution is 0.370. The number of thioether (sulfide) groups is 1. The van der Waals surface area contributed by atoms with E-state index in [9.17, 15) is 0 Å². The van der Waals surface area contributed by atoms with E-state index in [1.807, 2.05) is 0 Å². The zero-order valence-corrected chi connectivity index (χ0v) is 11.2. The summed E-state index contributed by atoms with van der Waals surface area (Å²) in [6.45, 7) is 4.58. The van der Waals surface area contributed by atoms with Crippen LogP contribution >= 0.6 is 11.8 Å². The van der Waals surface area contributed by atoms with Crippen molar-refractivity contribution < 1.29 is 0 Å². The van der Waals surface area contributed by atoms with E-state index in [1.54, 1.807) is 0 Å². The fourth-order valence-electron chi connectivity index (χ4n) is 2.37. The van der Waals surface area contributed by atoms with Crippen molar-refractivity contribution in [2.75, 3.05) is 11.5 Å². The third kappa shape index (κ3) is 6.47. The molecular formula is C13H27NS. The second-order valence-corrected chi connectivity index (χ2v) is 6.09. The first kappa shape index (κ1) is 13.4. The first-order valence-corrected chi connectivity index (χ1v) is 7.82. The van der Waals surface area contributed by atoms with Gasteiger partial charge in [0.05, 0.1) is 0 Å². The van der Waals surface area contributed by atoms with E-state index < -0.39 is 0 Å². The monoisotopic (exact) mass is 229 g/mol. The molecule has 0 aromatic carbocycles. The van der Waals surface area contributed by atoms with Crippen molar-refractivity contribution in [1.82, 2.24) is 5.32 Å². The summed E-state index contributed by atoms with van der Waals surface area (Å²) in [4.78, 5) is 0. The quantitative estimate of drug-likeness (QED) is 0.769. The smallest absolute Gasteiger partial charge is 0.0132 e. The molecule has 0 radical (unpaired) electrons. The Morgan fingerprint density at radius 1 is 1.13 bits per heavy atom. The average Bonchev–Trinajstić information content (AvgIpc) is 2.19. The van der Waals surface area contributed by atoms with Crippen molar-refractivity contribution >= 4 is 11.8 Å². The highest BCUT2D eigenvalue weighted by Gasteiger charge is 2.13. The Morgan fingerprint density at radius 2 is 1.73 bits per heavy atom. The topological polar surface area (TPSA) is 12.0 Å². The predicted octanol–water partition coefficient (Wildman–Crippen LogP) is 3.83. The van der Waals surface area contributed by atoms with Crippen LogP contribution in [0.1, 0.15) is 58.8 Å². The van der Waals surface area contributed by atoms with Crippen LogP contribution in [0.25, 0.3) is 0 Å². The molecule has 1 N–H and O–H groups in total. The van der Waals surface area contributed by atoms with Gasteiger partial charge < -0.3 is 5.32 Å². The SMILES string of the molecule is CCSCC(C)NC1CCCCCCC1. The van der Waals surface area contributed by atoms with Gasteiger partial charge in [0.1, 0.15) is 0 Å². The van der Waals surface area contributed by atoms with Crippen molar-refractivity contribution in [3.05, 3.63) is 0 Å². The molecule has 1 aliphatic carbocycles. The molecule has 90 valence electrons. The van der Waals surface area contributed by atoms with Gasteiger partial charge in [-0.25, -0.2) is 0 Å². The summed E-state index contributed by atoms with van der Waals surface area (Å²) >= 11 is 2.05. The highest BCUT2D eigenvalue weighted by atomic mass is 32.2. The molecular weight excluding hydrogens is 202 g/mol. The van der Waals surface area contributed by atoms with Crippen LogP contribution in [-0.2, 0) is 0 Å². The fraction of sp³-hybridized carbons (Fsp3) is 1.00. The Labute approximate surface area is 99.8 Å². The Kier molecular flexibility index (Phi) is 7.54. The van der Waals surface area contributed by atoms with Gasteiger partial charge in [-0.1, -0.05) is 39.0 Å². The molecule has 0 aromatic rings. The lowest BCUT2D eigenvalue weighted by Gasteiger charge is -2.24. The molecule has 0 bridgehead atoms. The third-order valence-electron chi connectivity index (χ3n) is 3.20. The van der Waals surface area contributed by atoms with Crippen LogP contribution in [0.4, 0.5) is 0 Å². The van der Waals surface area contributed by atoms with E-state index in [4.69, 9.17) is 0 Å². The van der Waals surface area contributed by atoms with Gasteiger partial charge in [-0.2, -0.15) is 11.8 Å². The lowest BCUT2D eigenvalue weighted by atomic mass is 9.96. The van der Waals surface area contributed by atoms with E-state index in [0.29, 0.717) is 6.04 Å². The van der Waals surface area contributed by atoms with Gasteiger partial charge in [-0.15, -0.1) is 0 Å². The minimum atomic E-state index is 0.694. The summed E-state index contributed by atoms with van der Waals surface area (Å²) in [7, 11) is 0. The maximum absolute atomic E-state index is 3.80. The Morgan fingerprint density at radius 3 is 2.33 bits per heavy atom. The second-order valence-electron chi connectivity index (χ2n) is 4.77. The van der Waals surface area contributed by atoms with Crippen molar-refractivity contribution in [2.24, 2.45) is 0 Å². The van der Waals surface area contributed by atoms with Crippen molar-refractivity contribution in [1.29, 1.82) is 0 Å². The first-order chi connectivity index (χ1) is 7.33. The van der Waals surface area contributed by atoms with Crippen molar-refractivity contribution in [3.63, 3.8) is 0 Å². The Bertz CT molecular complexity index is 141. The highest BCUT2D eigenvalue weighted by Crippen LogP contribution is 2.17. The zero-order valence-electron chi connectivity index (χ0n) is 10.4. The van der Waals surface area contributed by atoms with Gasteiger partial charge in [0.15, 0.2) is 0 Å². The van der Waals surface area contributed by atoms with Crippen LogP contribution in [0.3, 0.4) is 0 Å². The van der Waals surface area contributed by atoms with Crippen LogP contribution in [0.15, 0.2) is 0 Å². The molecule has 1 unspecified atom stereocenters. The molecule has 1 saturated carbocycles. The zero-order chi connectivity index (χ0) is 10.9. The maximum Gasteiger partial charge on any atom is 0.0132 e. The standard InChI is InChI=1S/C13H27NS/c1-3-15-11-12(2)14-13-9-7-5-4-6-8-10-13/h12-14H,3-11H2,1-2H3. The summed E-state index contributed by atoms with van der Waals surface area (Å²) in [6.07, 6.45) is 10.1. The van der Waals surface area contributed by atoms with Gasteiger partial charge in [0, 0.05) is 17.8 Å². The third-order valence-corrected chi connectivity index (χ3v) is 4.34. The molecule has 1 fully saturated rings. The molecule has 0 amide bonds. The first-order valence-electron chi connectivity index (χ1n) is 6.66. The molecule has 0 heterocycles. The van der Waals surface area contributed by atoms with E-state index in [1.165, 1.54) is 56.5 Å². The summed E-state index contributed by atoms with van der Waals surface area (Å²) in [5.74, 6) is 2.52. The largest absolute Gasteiger partial charge is 0.311 e. The normalized spacial score (nSPS) is 22.0. The molecule has 1 rings (SSSR count). The van der Waals surface area contributed by atoms with Crippen LogP contribution in [0, 0.1) is 0 Å². The molecule has 1 atom stereocenters. The fourth-order valence-corrected chi connectivity index (χ4v) is 3.05. The van der Waals surface area contributed by atoms with Gasteiger partial charge >= 0.3 is 0 Å². The van der Waals surface area contributed by atoms with Gasteiger partial charge in [0.2, 0.25) is 0 Å². The molecule has 1 aliphatic rings. The second kappa shape index (κ2) is 8.46. The Balaban J connectivity index is 2.16. The van der Waals surface area contributed by atoms with Crippen LogP contribution in [0.5, 0.6) is 0 Å². The van der Waals surface area contributed by atoms with Crippen molar-refractivity contribution in [2.45, 2.75) is 70.9 Å². The molecule has 0 aliphatic heterocycles. The van der Waals surface area contributed by atoms with E-state index in [-0.39, 0.29) is 0 Å². The highest BCUT2D eigenvalue weighted by molar-refractivity contribution is 7.99. The summed E-state index contributed by atoms with van der Waals surface area (Å²) in [6, 6.07) is 1.50. The van der Waals surface area contributed by atoms with Crippen LogP contribution in [0.2, 0.25) is 0 Å². The minimum Gasteiger partial charge on any atom is -0.311 e. The predicted molar refractivity (Wildman–Crippen MR) is 71.7 cm³/mol. The van der Waals surface area contributed by atoms with E-state index in [0.717, 1.165) is 6.04 Å². The number of hydrogen-bond donors (Lipinski definition) is 1. The number of nitrogens with one attached hydrogen (secondary N) is 1. The van der Waals surface area contributed by atoms with Crippen molar-refractivity contribution in [3.8, 4) is 0 Å². The van der Waals surface area contributed by atoms with Crippen LogP contribution < -0.4 is 5.32 Å². The summed E-state index contributed by atoms with van der Waals surface area (Å²) in [5, 5.41) is 3.80. The van der Waals surface area contributed by atoms with Gasteiger partial charge in [-0.3, -0.25) is 0 Å². The lowest BCUT2D eigenvalue weighted by Crippen LogP contribution is -2.38. The van der Waals surface area contributed by atoms with E-state index >= 15 is 0 Å². The minimum absolute atomic E-state index is 0.694. The Hall–Kier alpha value is 0.310. The molecule has 0 spiro atoms. The summed E-state index contributed by atoms with van der Waals surface area (Å²) < 4.78 is 0. The summed E-state index contributed by atoms with van der Waals surface area (Å²) in [5.41, 5.74) is 0. The molecule has 0 saturated heterocycles. The van der Waals surface area contributed by atoms with Crippen LogP contribution in [-0.4, -0.2) is 23.6 Å². The number of hydrogen-bond acceptors (Lipinski definition) is 2.